The van der Waals surface area contributed by atoms with Gasteiger partial charge in [-0.05, 0) is 45.3 Å². The van der Waals surface area contributed by atoms with Gasteiger partial charge < -0.3 is 0 Å². The predicted octanol–water partition coefficient (Wildman–Crippen LogP) is 5.20. The lowest BCUT2D eigenvalue weighted by atomic mass is 9.96. The molecule has 102 valence electrons. The summed E-state index contributed by atoms with van der Waals surface area (Å²) in [6, 6.07) is 24.7. The molecular weight excluding hydrogens is 268 g/mol. The lowest BCUT2D eigenvalue weighted by Gasteiger charge is -2.06. The Bertz CT molecular complexity index is 1090. The summed E-state index contributed by atoms with van der Waals surface area (Å²) in [5.41, 5.74) is 3.80. The van der Waals surface area contributed by atoms with Crippen LogP contribution >= 0.6 is 0 Å². The fraction of sp³-hybridized carbons (Fsp3) is 0. The van der Waals surface area contributed by atoms with Crippen molar-refractivity contribution in [2.24, 2.45) is 0 Å². The topological polar surface area (TPSA) is 17.1 Å². The van der Waals surface area contributed by atoms with Gasteiger partial charge in [-0.15, -0.1) is 0 Å². The summed E-state index contributed by atoms with van der Waals surface area (Å²) >= 11 is 0. The largest absolute Gasteiger partial charge is 0.289 e. The zero-order valence-corrected chi connectivity index (χ0v) is 11.8. The van der Waals surface area contributed by atoms with Crippen molar-refractivity contribution in [3.63, 3.8) is 0 Å². The molecule has 1 aliphatic carbocycles. The Morgan fingerprint density at radius 2 is 1.18 bits per heavy atom. The third-order valence-corrected chi connectivity index (χ3v) is 4.57. The Labute approximate surface area is 127 Å². The number of hydrogen-bond donors (Lipinski definition) is 0. The SMILES string of the molecule is O=C1c2cc3ccccc3cc2-c2c1ccc1ccccc21. The van der Waals surface area contributed by atoms with E-state index >= 15 is 0 Å². The number of benzene rings is 4. The monoisotopic (exact) mass is 280 g/mol. The average molecular weight is 280 g/mol. The fourth-order valence-corrected chi connectivity index (χ4v) is 3.53. The van der Waals surface area contributed by atoms with Crippen LogP contribution < -0.4 is 0 Å². The van der Waals surface area contributed by atoms with Crippen LogP contribution in [0.1, 0.15) is 15.9 Å². The van der Waals surface area contributed by atoms with E-state index in [1.54, 1.807) is 0 Å². The highest BCUT2D eigenvalue weighted by Gasteiger charge is 2.28. The molecule has 0 saturated heterocycles. The summed E-state index contributed by atoms with van der Waals surface area (Å²) in [5, 5.41) is 4.62. The number of ketones is 1. The molecule has 0 atom stereocenters. The normalized spacial score (nSPS) is 12.6. The second-order valence-corrected chi connectivity index (χ2v) is 5.78. The molecule has 1 nitrogen and oxygen atoms in total. The van der Waals surface area contributed by atoms with E-state index in [0.717, 1.165) is 33.0 Å². The van der Waals surface area contributed by atoms with Gasteiger partial charge in [0.1, 0.15) is 0 Å². The molecular formula is C21H12O. The van der Waals surface area contributed by atoms with Crippen LogP contribution in [0.4, 0.5) is 0 Å². The summed E-state index contributed by atoms with van der Waals surface area (Å²) in [5.74, 6) is 0.140. The van der Waals surface area contributed by atoms with Crippen LogP contribution in [0.25, 0.3) is 32.7 Å². The maximum absolute atomic E-state index is 12.8. The Morgan fingerprint density at radius 3 is 1.95 bits per heavy atom. The van der Waals surface area contributed by atoms with Crippen LogP contribution in [0.15, 0.2) is 72.8 Å². The van der Waals surface area contributed by atoms with E-state index in [1.807, 2.05) is 42.5 Å². The zero-order chi connectivity index (χ0) is 14.7. The van der Waals surface area contributed by atoms with Gasteiger partial charge in [0.25, 0.3) is 0 Å². The molecule has 0 heterocycles. The third-order valence-electron chi connectivity index (χ3n) is 4.57. The maximum atomic E-state index is 12.8. The van der Waals surface area contributed by atoms with Gasteiger partial charge in [0.15, 0.2) is 5.78 Å². The Morgan fingerprint density at radius 1 is 0.545 bits per heavy atom. The Balaban J connectivity index is 1.97. The minimum atomic E-state index is 0.140. The van der Waals surface area contributed by atoms with E-state index in [4.69, 9.17) is 0 Å². The molecule has 4 aromatic rings. The van der Waals surface area contributed by atoms with Crippen LogP contribution in [0.5, 0.6) is 0 Å². The molecule has 0 amide bonds. The molecule has 0 aliphatic heterocycles. The van der Waals surface area contributed by atoms with Crippen molar-refractivity contribution in [3.05, 3.63) is 83.9 Å². The minimum absolute atomic E-state index is 0.140. The highest BCUT2D eigenvalue weighted by atomic mass is 16.1. The smallest absolute Gasteiger partial charge is 0.194 e. The van der Waals surface area contributed by atoms with E-state index in [9.17, 15) is 4.79 Å². The molecule has 0 unspecified atom stereocenters. The first-order valence-corrected chi connectivity index (χ1v) is 7.42. The van der Waals surface area contributed by atoms with E-state index in [2.05, 4.69) is 30.3 Å². The molecule has 1 aliphatic rings. The number of hydrogen-bond acceptors (Lipinski definition) is 1. The molecule has 0 radical (unpaired) electrons. The van der Waals surface area contributed by atoms with Crippen LogP contribution in [0.3, 0.4) is 0 Å². The number of rotatable bonds is 0. The summed E-state index contributed by atoms with van der Waals surface area (Å²) in [4.78, 5) is 12.8. The Hall–Kier alpha value is -2.93. The standard InChI is InChI=1S/C21H12O/c22-21-17-10-9-13-5-3-4-8-16(13)20(17)18-11-14-6-1-2-7-15(14)12-19(18)21/h1-12H. The van der Waals surface area contributed by atoms with Crippen molar-refractivity contribution in [2.45, 2.75) is 0 Å². The average Bonchev–Trinajstić information content (AvgIpc) is 2.85. The molecule has 0 saturated carbocycles. The highest BCUT2D eigenvalue weighted by Crippen LogP contribution is 2.42. The van der Waals surface area contributed by atoms with Gasteiger partial charge in [-0.3, -0.25) is 4.79 Å². The van der Waals surface area contributed by atoms with Crippen LogP contribution in [0.2, 0.25) is 0 Å². The number of fused-ring (bicyclic) bond motifs is 6. The minimum Gasteiger partial charge on any atom is -0.289 e. The second-order valence-electron chi connectivity index (χ2n) is 5.78. The quantitative estimate of drug-likeness (QED) is 0.381. The zero-order valence-electron chi connectivity index (χ0n) is 11.8. The highest BCUT2D eigenvalue weighted by molar-refractivity contribution is 6.27. The van der Waals surface area contributed by atoms with Gasteiger partial charge in [0, 0.05) is 16.7 Å². The van der Waals surface area contributed by atoms with Crippen molar-refractivity contribution in [1.29, 1.82) is 0 Å². The van der Waals surface area contributed by atoms with Crippen molar-refractivity contribution >= 4 is 27.3 Å². The van der Waals surface area contributed by atoms with E-state index in [0.29, 0.717) is 0 Å². The number of carbonyl (C=O) groups is 1. The molecule has 22 heavy (non-hydrogen) atoms. The Kier molecular flexibility index (Phi) is 2.15. The first-order valence-electron chi connectivity index (χ1n) is 7.42. The van der Waals surface area contributed by atoms with Gasteiger partial charge >= 0.3 is 0 Å². The third kappa shape index (κ3) is 1.40. The first kappa shape index (κ1) is 11.7. The predicted molar refractivity (Wildman–Crippen MR) is 90.3 cm³/mol. The van der Waals surface area contributed by atoms with Gasteiger partial charge in [-0.2, -0.15) is 0 Å². The molecule has 0 N–H and O–H groups in total. The van der Waals surface area contributed by atoms with Crippen molar-refractivity contribution in [3.8, 4) is 11.1 Å². The van der Waals surface area contributed by atoms with Gasteiger partial charge in [0.05, 0.1) is 0 Å². The van der Waals surface area contributed by atoms with Gasteiger partial charge in [0.2, 0.25) is 0 Å². The van der Waals surface area contributed by atoms with Gasteiger partial charge in [-0.1, -0.05) is 54.6 Å². The van der Waals surface area contributed by atoms with Crippen molar-refractivity contribution in [2.75, 3.05) is 0 Å². The molecule has 1 heteroatoms. The molecule has 0 spiro atoms. The summed E-state index contributed by atoms with van der Waals surface area (Å²) in [6.07, 6.45) is 0. The summed E-state index contributed by atoms with van der Waals surface area (Å²) < 4.78 is 0. The first-order chi connectivity index (χ1) is 10.8. The van der Waals surface area contributed by atoms with Crippen LogP contribution in [0, 0.1) is 0 Å². The summed E-state index contributed by atoms with van der Waals surface area (Å²) in [7, 11) is 0. The van der Waals surface area contributed by atoms with E-state index < -0.39 is 0 Å². The van der Waals surface area contributed by atoms with Crippen molar-refractivity contribution < 1.29 is 4.79 Å². The molecule has 0 aromatic heterocycles. The van der Waals surface area contributed by atoms with Gasteiger partial charge in [-0.25, -0.2) is 0 Å². The van der Waals surface area contributed by atoms with Crippen LogP contribution in [-0.2, 0) is 0 Å². The van der Waals surface area contributed by atoms with E-state index in [1.165, 1.54) is 10.8 Å². The summed E-state index contributed by atoms with van der Waals surface area (Å²) in [6.45, 7) is 0. The van der Waals surface area contributed by atoms with Crippen molar-refractivity contribution in [1.82, 2.24) is 0 Å². The van der Waals surface area contributed by atoms with Crippen LogP contribution in [-0.4, -0.2) is 5.78 Å². The lowest BCUT2D eigenvalue weighted by Crippen LogP contribution is -1.94. The fourth-order valence-electron chi connectivity index (χ4n) is 3.53. The van der Waals surface area contributed by atoms with E-state index in [-0.39, 0.29) is 5.78 Å². The molecule has 5 rings (SSSR count). The molecule has 0 bridgehead atoms. The maximum Gasteiger partial charge on any atom is 0.194 e. The lowest BCUT2D eigenvalue weighted by molar-refractivity contribution is 0.104. The molecule has 4 aromatic carbocycles. The molecule has 0 fully saturated rings. The second kappa shape index (κ2) is 4.05. The number of carbonyl (C=O) groups excluding carboxylic acids is 1.